The van der Waals surface area contributed by atoms with E-state index in [1.165, 1.54) is 7.11 Å². The Labute approximate surface area is 121 Å². The van der Waals surface area contributed by atoms with E-state index in [1.54, 1.807) is 11.2 Å². The molecule has 1 fully saturated rings. The van der Waals surface area contributed by atoms with Crippen LogP contribution < -0.4 is 5.32 Å². The molecule has 1 N–H and O–H groups in total. The van der Waals surface area contributed by atoms with Crippen LogP contribution in [0.5, 0.6) is 0 Å². The summed E-state index contributed by atoms with van der Waals surface area (Å²) in [6.07, 6.45) is 2.35. The monoisotopic (exact) mass is 296 g/mol. The number of nitrogens with one attached hydrogen (secondary N) is 1. The van der Waals surface area contributed by atoms with E-state index < -0.39 is 10.8 Å². The summed E-state index contributed by atoms with van der Waals surface area (Å²) in [5.74, 6) is 0. The average molecular weight is 296 g/mol. The van der Waals surface area contributed by atoms with Crippen LogP contribution in [0.25, 0.3) is 0 Å². The van der Waals surface area contributed by atoms with Gasteiger partial charge in [0, 0.05) is 47.6 Å². The zero-order chi connectivity index (χ0) is 14.5. The van der Waals surface area contributed by atoms with Crippen molar-refractivity contribution in [3.8, 4) is 0 Å². The van der Waals surface area contributed by atoms with E-state index in [0.29, 0.717) is 12.6 Å². The minimum absolute atomic E-state index is 0.260. The second-order valence-corrected chi connectivity index (χ2v) is 6.26. The lowest BCUT2D eigenvalue weighted by atomic mass is 10.2. The summed E-state index contributed by atoms with van der Waals surface area (Å²) < 4.78 is 16.0. The molecule has 0 aromatic heterocycles. The number of ether oxygens (including phenoxy) is 1. The van der Waals surface area contributed by atoms with Crippen LogP contribution in [0.15, 0.2) is 29.2 Å². The molecule has 0 bridgehead atoms. The number of benzene rings is 1. The van der Waals surface area contributed by atoms with Gasteiger partial charge in [0.2, 0.25) is 0 Å². The molecule has 1 aliphatic rings. The molecule has 1 heterocycles. The molecule has 0 aliphatic carbocycles. The first-order valence-electron chi connectivity index (χ1n) is 6.59. The molecular formula is C14H20N2O3S. The third kappa shape index (κ3) is 3.80. The zero-order valence-electron chi connectivity index (χ0n) is 11.8. The minimum Gasteiger partial charge on any atom is -0.453 e. The Balaban J connectivity index is 1.81. The van der Waals surface area contributed by atoms with Crippen molar-refractivity contribution in [2.75, 3.05) is 26.5 Å². The third-order valence-corrected chi connectivity index (χ3v) is 4.41. The fourth-order valence-corrected chi connectivity index (χ4v) is 2.80. The zero-order valence-corrected chi connectivity index (χ0v) is 12.6. The molecule has 1 aromatic rings. The SMILES string of the molecule is COC(=O)N1CC[C@@H](NCc2ccc([S@](C)=O)cc2)C1. The lowest BCUT2D eigenvalue weighted by Gasteiger charge is -2.15. The van der Waals surface area contributed by atoms with Crippen LogP contribution in [-0.4, -0.2) is 47.7 Å². The first kappa shape index (κ1) is 15.0. The van der Waals surface area contributed by atoms with Crippen LogP contribution in [0.1, 0.15) is 12.0 Å². The molecule has 0 saturated carbocycles. The average Bonchev–Trinajstić information content (AvgIpc) is 2.93. The van der Waals surface area contributed by atoms with Crippen molar-refractivity contribution in [2.24, 2.45) is 0 Å². The molecule has 1 aromatic carbocycles. The molecule has 0 radical (unpaired) electrons. The Morgan fingerprint density at radius 3 is 2.75 bits per heavy atom. The number of carbonyl (C=O) groups is 1. The van der Waals surface area contributed by atoms with E-state index in [1.807, 2.05) is 24.3 Å². The quantitative estimate of drug-likeness (QED) is 0.911. The maximum absolute atomic E-state index is 11.4. The molecule has 6 heteroatoms. The first-order chi connectivity index (χ1) is 9.60. The van der Waals surface area contributed by atoms with Crippen LogP contribution >= 0.6 is 0 Å². The van der Waals surface area contributed by atoms with Crippen molar-refractivity contribution in [1.82, 2.24) is 10.2 Å². The van der Waals surface area contributed by atoms with Gasteiger partial charge in [-0.2, -0.15) is 0 Å². The lowest BCUT2D eigenvalue weighted by Crippen LogP contribution is -2.34. The van der Waals surface area contributed by atoms with Gasteiger partial charge in [-0.1, -0.05) is 12.1 Å². The van der Waals surface area contributed by atoms with Crippen molar-refractivity contribution >= 4 is 16.9 Å². The molecule has 1 saturated heterocycles. The first-order valence-corrected chi connectivity index (χ1v) is 8.14. The van der Waals surface area contributed by atoms with Gasteiger partial charge >= 0.3 is 6.09 Å². The number of hydrogen-bond donors (Lipinski definition) is 1. The number of likely N-dealkylation sites (tertiary alicyclic amines) is 1. The lowest BCUT2D eigenvalue weighted by molar-refractivity contribution is 0.132. The third-order valence-electron chi connectivity index (χ3n) is 3.47. The van der Waals surface area contributed by atoms with Crippen molar-refractivity contribution in [3.05, 3.63) is 29.8 Å². The van der Waals surface area contributed by atoms with Gasteiger partial charge in [0.25, 0.3) is 0 Å². The summed E-state index contributed by atoms with van der Waals surface area (Å²) in [4.78, 5) is 13.9. The number of nitrogens with zero attached hydrogens (tertiary/aromatic N) is 1. The number of methoxy groups -OCH3 is 1. The van der Waals surface area contributed by atoms with Crippen molar-refractivity contribution in [1.29, 1.82) is 0 Å². The van der Waals surface area contributed by atoms with Gasteiger partial charge in [-0.15, -0.1) is 0 Å². The topological polar surface area (TPSA) is 58.6 Å². The fraction of sp³-hybridized carbons (Fsp3) is 0.500. The summed E-state index contributed by atoms with van der Waals surface area (Å²) in [5, 5.41) is 3.43. The van der Waals surface area contributed by atoms with Crippen molar-refractivity contribution < 1.29 is 13.7 Å². The number of hydrogen-bond acceptors (Lipinski definition) is 4. The summed E-state index contributed by atoms with van der Waals surface area (Å²) in [5.41, 5.74) is 1.15. The Kier molecular flexibility index (Phi) is 5.14. The van der Waals surface area contributed by atoms with E-state index in [4.69, 9.17) is 4.74 Å². The number of amides is 1. The van der Waals surface area contributed by atoms with Gasteiger partial charge in [-0.3, -0.25) is 4.21 Å². The van der Waals surface area contributed by atoms with E-state index in [2.05, 4.69) is 5.32 Å². The summed E-state index contributed by atoms with van der Waals surface area (Å²) in [6, 6.07) is 8.05. The molecular weight excluding hydrogens is 276 g/mol. The Bertz CT molecular complexity index is 490. The highest BCUT2D eigenvalue weighted by atomic mass is 32.2. The predicted octanol–water partition coefficient (Wildman–Crippen LogP) is 1.35. The number of rotatable bonds is 4. The Hall–Kier alpha value is -1.40. The molecule has 1 amide bonds. The largest absolute Gasteiger partial charge is 0.453 e. The van der Waals surface area contributed by atoms with Crippen LogP contribution in [0.4, 0.5) is 4.79 Å². The van der Waals surface area contributed by atoms with Crippen LogP contribution in [0.3, 0.4) is 0 Å². The van der Waals surface area contributed by atoms with Gasteiger partial charge < -0.3 is 15.0 Å². The second-order valence-electron chi connectivity index (χ2n) is 4.88. The van der Waals surface area contributed by atoms with E-state index in [0.717, 1.165) is 30.0 Å². The highest BCUT2D eigenvalue weighted by Gasteiger charge is 2.26. The maximum atomic E-state index is 11.4. The molecule has 2 rings (SSSR count). The summed E-state index contributed by atoms with van der Waals surface area (Å²) in [7, 11) is 0.472. The normalized spacial score (nSPS) is 19.9. The van der Waals surface area contributed by atoms with Gasteiger partial charge in [0.15, 0.2) is 0 Å². The highest BCUT2D eigenvalue weighted by Crippen LogP contribution is 2.12. The second kappa shape index (κ2) is 6.85. The molecule has 0 unspecified atom stereocenters. The van der Waals surface area contributed by atoms with Crippen molar-refractivity contribution in [3.63, 3.8) is 0 Å². The molecule has 110 valence electrons. The summed E-state index contributed by atoms with van der Waals surface area (Å²) >= 11 is 0. The van der Waals surface area contributed by atoms with E-state index in [9.17, 15) is 9.00 Å². The van der Waals surface area contributed by atoms with Crippen molar-refractivity contribution in [2.45, 2.75) is 23.9 Å². The molecule has 1 aliphatic heterocycles. The van der Waals surface area contributed by atoms with Gasteiger partial charge in [0.1, 0.15) is 0 Å². The van der Waals surface area contributed by atoms with E-state index in [-0.39, 0.29) is 6.09 Å². The van der Waals surface area contributed by atoms with Crippen LogP contribution in [0, 0.1) is 0 Å². The fourth-order valence-electron chi connectivity index (χ4n) is 2.28. The maximum Gasteiger partial charge on any atom is 0.409 e. The number of carbonyl (C=O) groups excluding carboxylic acids is 1. The predicted molar refractivity (Wildman–Crippen MR) is 78.0 cm³/mol. The molecule has 5 nitrogen and oxygen atoms in total. The Morgan fingerprint density at radius 1 is 1.45 bits per heavy atom. The highest BCUT2D eigenvalue weighted by molar-refractivity contribution is 7.84. The standard InChI is InChI=1S/C14H20N2O3S/c1-19-14(17)16-8-7-12(10-16)15-9-11-3-5-13(6-4-11)20(2)18/h3-6,12,15H,7-10H2,1-2H3/t12-,20+/m1/s1. The van der Waals surface area contributed by atoms with Crippen LogP contribution in [-0.2, 0) is 22.1 Å². The van der Waals surface area contributed by atoms with Gasteiger partial charge in [-0.05, 0) is 24.1 Å². The molecule has 20 heavy (non-hydrogen) atoms. The molecule has 0 spiro atoms. The summed E-state index contributed by atoms with van der Waals surface area (Å²) in [6.45, 7) is 2.16. The van der Waals surface area contributed by atoms with Gasteiger partial charge in [-0.25, -0.2) is 4.79 Å². The van der Waals surface area contributed by atoms with Crippen LogP contribution in [0.2, 0.25) is 0 Å². The van der Waals surface area contributed by atoms with Gasteiger partial charge in [0.05, 0.1) is 7.11 Å². The minimum atomic E-state index is -0.933. The Morgan fingerprint density at radius 2 is 2.15 bits per heavy atom. The smallest absolute Gasteiger partial charge is 0.409 e. The van der Waals surface area contributed by atoms with E-state index >= 15 is 0 Å². The molecule has 2 atom stereocenters.